The van der Waals surface area contributed by atoms with Crippen molar-refractivity contribution in [3.05, 3.63) is 144 Å². The van der Waals surface area contributed by atoms with Crippen molar-refractivity contribution in [3.8, 4) is 11.4 Å². The van der Waals surface area contributed by atoms with Crippen LogP contribution in [0.3, 0.4) is 0 Å². The van der Waals surface area contributed by atoms with Crippen molar-refractivity contribution in [1.29, 1.82) is 0 Å². The van der Waals surface area contributed by atoms with Crippen LogP contribution in [0.15, 0.2) is 100 Å². The Hall–Kier alpha value is -4.95. The topological polar surface area (TPSA) is 74.8 Å². The number of nitrogens with zero attached hydrogens (tertiary/aromatic N) is 3. The molecule has 0 bridgehead atoms. The highest BCUT2D eigenvalue weighted by Gasteiger charge is 2.35. The van der Waals surface area contributed by atoms with Gasteiger partial charge in [0.2, 0.25) is 0 Å². The Bertz CT molecular complexity index is 2080. The van der Waals surface area contributed by atoms with Gasteiger partial charge in [0.25, 0.3) is 5.56 Å². The van der Waals surface area contributed by atoms with E-state index in [9.17, 15) is 9.59 Å². The number of aromatic nitrogens is 2. The number of aryl methyl sites for hydroxylation is 2. The SMILES string of the molecule is CCOC(=O)C1=C(c2ccccc2)N=c2s/c(=C/c3cc(C)n(-c4cccc(C)c4)c3C)c(=O)n2[C@H]1c1ccc(OC)cc1. The number of fused-ring (bicyclic) bond motifs is 1. The molecule has 0 radical (unpaired) electrons. The van der Waals surface area contributed by atoms with Crippen LogP contribution in [0.4, 0.5) is 0 Å². The van der Waals surface area contributed by atoms with Crippen molar-refractivity contribution in [2.24, 2.45) is 4.99 Å². The summed E-state index contributed by atoms with van der Waals surface area (Å²) >= 11 is 1.32. The third-order valence-corrected chi connectivity index (χ3v) is 8.80. The lowest BCUT2D eigenvalue weighted by atomic mass is 9.93. The number of hydrogen-bond donors (Lipinski definition) is 0. The molecule has 6 rings (SSSR count). The molecule has 7 nitrogen and oxygen atoms in total. The first kappa shape index (κ1) is 29.1. The van der Waals surface area contributed by atoms with E-state index >= 15 is 0 Å². The zero-order chi connectivity index (χ0) is 31.0. The maximum atomic E-state index is 14.3. The lowest BCUT2D eigenvalue weighted by molar-refractivity contribution is -0.138. The van der Waals surface area contributed by atoms with Gasteiger partial charge in [-0.15, -0.1) is 0 Å². The number of methoxy groups -OCH3 is 1. The highest BCUT2D eigenvalue weighted by atomic mass is 32.1. The number of rotatable bonds is 7. The van der Waals surface area contributed by atoms with Crippen LogP contribution in [0.1, 0.15) is 46.6 Å². The summed E-state index contributed by atoms with van der Waals surface area (Å²) in [6.45, 7) is 8.17. The van der Waals surface area contributed by atoms with Gasteiger partial charge in [0.1, 0.15) is 5.75 Å². The van der Waals surface area contributed by atoms with Crippen molar-refractivity contribution >= 4 is 29.1 Å². The standard InChI is InChI=1S/C36H33N3O4S/c1-6-43-35(41)31-32(25-12-8-7-9-13-25)37-36-39(33(31)26-15-17-29(42-5)18-16-26)34(40)30(44-36)21-27-20-23(3)38(24(27)4)28-14-10-11-22(2)19-28/h7-21,33H,6H2,1-5H3/b30-21+/t33-/m0/s1. The second kappa shape index (κ2) is 12.0. The summed E-state index contributed by atoms with van der Waals surface area (Å²) in [6.07, 6.45) is 1.93. The number of ether oxygens (including phenoxy) is 2. The third-order valence-electron chi connectivity index (χ3n) is 7.82. The number of thiazole rings is 1. The summed E-state index contributed by atoms with van der Waals surface area (Å²) in [5, 5.41) is 0. The molecule has 1 atom stereocenters. The van der Waals surface area contributed by atoms with Gasteiger partial charge in [-0.05, 0) is 80.8 Å². The molecule has 1 aliphatic rings. The van der Waals surface area contributed by atoms with E-state index in [-0.39, 0.29) is 12.2 Å². The molecule has 1 aliphatic heterocycles. The van der Waals surface area contributed by atoms with Crippen LogP contribution < -0.4 is 19.6 Å². The summed E-state index contributed by atoms with van der Waals surface area (Å²) in [6, 6.07) is 26.7. The van der Waals surface area contributed by atoms with Crippen LogP contribution in [0.5, 0.6) is 5.75 Å². The van der Waals surface area contributed by atoms with Gasteiger partial charge in [-0.1, -0.05) is 65.9 Å². The van der Waals surface area contributed by atoms with Crippen LogP contribution in [-0.2, 0) is 9.53 Å². The molecule has 0 fully saturated rings. The van der Waals surface area contributed by atoms with Crippen molar-refractivity contribution in [2.75, 3.05) is 13.7 Å². The monoisotopic (exact) mass is 603 g/mol. The first-order valence-corrected chi connectivity index (χ1v) is 15.3. The highest BCUT2D eigenvalue weighted by Crippen LogP contribution is 2.35. The summed E-state index contributed by atoms with van der Waals surface area (Å²) in [5.74, 6) is 0.168. The van der Waals surface area contributed by atoms with Gasteiger partial charge in [-0.3, -0.25) is 9.36 Å². The Balaban J connectivity index is 1.60. The molecule has 3 aromatic carbocycles. The minimum atomic E-state index is -0.742. The Morgan fingerprint density at radius 1 is 0.977 bits per heavy atom. The van der Waals surface area contributed by atoms with Crippen LogP contribution in [0.25, 0.3) is 17.5 Å². The van der Waals surface area contributed by atoms with Gasteiger partial charge in [0.05, 0.1) is 35.6 Å². The molecule has 0 N–H and O–H groups in total. The fourth-order valence-corrected chi connectivity index (χ4v) is 6.77. The number of hydrogen-bond acceptors (Lipinski definition) is 6. The van der Waals surface area contributed by atoms with Gasteiger partial charge in [-0.25, -0.2) is 9.79 Å². The molecule has 0 unspecified atom stereocenters. The number of carbonyl (C=O) groups excluding carboxylic acids is 1. The van der Waals surface area contributed by atoms with Crippen molar-refractivity contribution < 1.29 is 14.3 Å². The van der Waals surface area contributed by atoms with E-state index < -0.39 is 12.0 Å². The Labute approximate surface area is 259 Å². The van der Waals surface area contributed by atoms with E-state index in [1.165, 1.54) is 16.9 Å². The average molecular weight is 604 g/mol. The number of benzene rings is 3. The van der Waals surface area contributed by atoms with Gasteiger partial charge in [0.15, 0.2) is 4.80 Å². The van der Waals surface area contributed by atoms with Crippen LogP contribution in [-0.4, -0.2) is 28.8 Å². The van der Waals surface area contributed by atoms with E-state index in [0.717, 1.165) is 33.8 Å². The van der Waals surface area contributed by atoms with Crippen molar-refractivity contribution in [3.63, 3.8) is 0 Å². The van der Waals surface area contributed by atoms with Crippen LogP contribution >= 0.6 is 11.3 Å². The fourth-order valence-electron chi connectivity index (χ4n) is 5.78. The zero-order valence-corrected chi connectivity index (χ0v) is 26.1. The number of esters is 1. The molecular weight excluding hydrogens is 570 g/mol. The molecule has 44 heavy (non-hydrogen) atoms. The van der Waals surface area contributed by atoms with Crippen LogP contribution in [0, 0.1) is 20.8 Å². The summed E-state index contributed by atoms with van der Waals surface area (Å²) in [4.78, 5) is 33.4. The van der Waals surface area contributed by atoms with Gasteiger partial charge >= 0.3 is 5.97 Å². The van der Waals surface area contributed by atoms with Gasteiger partial charge in [0, 0.05) is 22.6 Å². The second-order valence-electron chi connectivity index (χ2n) is 10.7. The lowest BCUT2D eigenvalue weighted by Gasteiger charge is -2.26. The van der Waals surface area contributed by atoms with E-state index in [1.54, 1.807) is 18.6 Å². The summed E-state index contributed by atoms with van der Waals surface area (Å²) in [7, 11) is 1.60. The molecule has 0 saturated carbocycles. The van der Waals surface area contributed by atoms with Crippen LogP contribution in [0.2, 0.25) is 0 Å². The van der Waals surface area contributed by atoms with Crippen molar-refractivity contribution in [2.45, 2.75) is 33.7 Å². The van der Waals surface area contributed by atoms with Gasteiger partial charge < -0.3 is 14.0 Å². The Morgan fingerprint density at radius 2 is 1.73 bits per heavy atom. The Kier molecular flexibility index (Phi) is 7.93. The second-order valence-corrected chi connectivity index (χ2v) is 11.7. The molecular formula is C36H33N3O4S. The predicted molar refractivity (Wildman–Crippen MR) is 174 cm³/mol. The molecule has 0 saturated heterocycles. The first-order chi connectivity index (χ1) is 21.3. The molecule has 5 aromatic rings. The van der Waals surface area contributed by atoms with Crippen molar-refractivity contribution in [1.82, 2.24) is 9.13 Å². The third kappa shape index (κ3) is 5.22. The fraction of sp³-hybridized carbons (Fsp3) is 0.194. The quantitative estimate of drug-likeness (QED) is 0.225. The lowest BCUT2D eigenvalue weighted by Crippen LogP contribution is -2.40. The van der Waals surface area contributed by atoms with E-state index in [2.05, 4.69) is 49.6 Å². The largest absolute Gasteiger partial charge is 0.497 e. The molecule has 8 heteroatoms. The van der Waals surface area contributed by atoms with E-state index in [4.69, 9.17) is 14.5 Å². The van der Waals surface area contributed by atoms with Gasteiger partial charge in [-0.2, -0.15) is 0 Å². The minimum absolute atomic E-state index is 0.195. The normalized spacial score (nSPS) is 14.8. The Morgan fingerprint density at radius 3 is 2.41 bits per heavy atom. The molecule has 0 aliphatic carbocycles. The summed E-state index contributed by atoms with van der Waals surface area (Å²) in [5.41, 5.74) is 7.42. The summed E-state index contributed by atoms with van der Waals surface area (Å²) < 4.78 is 15.3. The number of carbonyl (C=O) groups is 1. The van der Waals surface area contributed by atoms with E-state index in [1.807, 2.05) is 66.7 Å². The maximum Gasteiger partial charge on any atom is 0.338 e. The molecule has 222 valence electrons. The molecule has 0 spiro atoms. The highest BCUT2D eigenvalue weighted by molar-refractivity contribution is 7.07. The zero-order valence-electron chi connectivity index (χ0n) is 25.3. The molecule has 2 aromatic heterocycles. The van der Waals surface area contributed by atoms with E-state index in [0.29, 0.717) is 26.4 Å². The first-order valence-electron chi connectivity index (χ1n) is 14.5. The minimum Gasteiger partial charge on any atom is -0.497 e. The maximum absolute atomic E-state index is 14.3. The molecule has 0 amide bonds. The smallest absolute Gasteiger partial charge is 0.338 e. The molecule has 3 heterocycles. The average Bonchev–Trinajstić information content (AvgIpc) is 3.50. The predicted octanol–water partition coefficient (Wildman–Crippen LogP) is 5.66.